The fraction of sp³-hybridized carbons (Fsp3) is 0.357. The molecule has 0 saturated carbocycles. The maximum Gasteiger partial charge on any atom is 0.124 e. The Balaban J connectivity index is 2.01. The van der Waals surface area contributed by atoms with Crippen LogP contribution in [0.5, 0.6) is 11.5 Å². The van der Waals surface area contributed by atoms with Crippen molar-refractivity contribution >= 4 is 0 Å². The third kappa shape index (κ3) is 3.26. The number of ether oxygens (including phenoxy) is 1. The SMILES string of the molecule is COc1ccc(C(C)NCc2cnn(C)c2)c(O)c1. The lowest BCUT2D eigenvalue weighted by Gasteiger charge is -2.15. The molecule has 5 heteroatoms. The smallest absolute Gasteiger partial charge is 0.124 e. The summed E-state index contributed by atoms with van der Waals surface area (Å²) in [6.45, 7) is 2.72. The summed E-state index contributed by atoms with van der Waals surface area (Å²) in [5.41, 5.74) is 1.96. The first-order chi connectivity index (χ1) is 9.10. The van der Waals surface area contributed by atoms with E-state index in [0.29, 0.717) is 12.3 Å². The topological polar surface area (TPSA) is 59.3 Å². The Bertz CT molecular complexity index is 551. The number of aryl methyl sites for hydroxylation is 1. The molecular formula is C14H19N3O2. The van der Waals surface area contributed by atoms with Crippen molar-refractivity contribution < 1.29 is 9.84 Å². The Morgan fingerprint density at radius 1 is 1.47 bits per heavy atom. The number of benzene rings is 1. The van der Waals surface area contributed by atoms with E-state index in [1.807, 2.05) is 38.5 Å². The molecule has 0 amide bonds. The highest BCUT2D eigenvalue weighted by Gasteiger charge is 2.11. The van der Waals surface area contributed by atoms with Crippen molar-refractivity contribution in [2.24, 2.45) is 7.05 Å². The molecule has 1 atom stereocenters. The van der Waals surface area contributed by atoms with Crippen molar-refractivity contribution in [2.75, 3.05) is 7.11 Å². The van der Waals surface area contributed by atoms with E-state index in [0.717, 1.165) is 11.1 Å². The first-order valence-electron chi connectivity index (χ1n) is 6.18. The highest BCUT2D eigenvalue weighted by molar-refractivity contribution is 5.41. The van der Waals surface area contributed by atoms with Gasteiger partial charge in [0, 0.05) is 43.0 Å². The summed E-state index contributed by atoms with van der Waals surface area (Å²) >= 11 is 0. The molecule has 1 aromatic carbocycles. The molecule has 1 aromatic heterocycles. The third-order valence-corrected chi connectivity index (χ3v) is 3.07. The summed E-state index contributed by atoms with van der Waals surface area (Å²) in [5, 5.41) is 17.4. The summed E-state index contributed by atoms with van der Waals surface area (Å²) in [6, 6.07) is 5.38. The number of hydrogen-bond acceptors (Lipinski definition) is 4. The van der Waals surface area contributed by atoms with Gasteiger partial charge in [-0.05, 0) is 13.0 Å². The van der Waals surface area contributed by atoms with Crippen molar-refractivity contribution in [2.45, 2.75) is 19.5 Å². The van der Waals surface area contributed by atoms with Gasteiger partial charge in [-0.3, -0.25) is 4.68 Å². The van der Waals surface area contributed by atoms with Crippen LogP contribution in [-0.4, -0.2) is 22.0 Å². The Kier molecular flexibility index (Phi) is 4.06. The van der Waals surface area contributed by atoms with E-state index >= 15 is 0 Å². The van der Waals surface area contributed by atoms with Gasteiger partial charge in [0.2, 0.25) is 0 Å². The number of hydrogen-bond donors (Lipinski definition) is 2. The van der Waals surface area contributed by atoms with Gasteiger partial charge in [-0.25, -0.2) is 0 Å². The van der Waals surface area contributed by atoms with Gasteiger partial charge in [-0.2, -0.15) is 5.10 Å². The molecule has 0 saturated heterocycles. The number of aromatic hydroxyl groups is 1. The van der Waals surface area contributed by atoms with Crippen molar-refractivity contribution in [1.29, 1.82) is 0 Å². The molecule has 0 bridgehead atoms. The van der Waals surface area contributed by atoms with Gasteiger partial charge in [0.15, 0.2) is 0 Å². The molecule has 0 aliphatic carbocycles. The van der Waals surface area contributed by atoms with Crippen LogP contribution in [0.25, 0.3) is 0 Å². The van der Waals surface area contributed by atoms with Gasteiger partial charge in [0.25, 0.3) is 0 Å². The first kappa shape index (κ1) is 13.4. The zero-order valence-corrected chi connectivity index (χ0v) is 11.4. The van der Waals surface area contributed by atoms with E-state index in [-0.39, 0.29) is 11.8 Å². The molecule has 102 valence electrons. The van der Waals surface area contributed by atoms with Crippen LogP contribution >= 0.6 is 0 Å². The third-order valence-electron chi connectivity index (χ3n) is 3.07. The van der Waals surface area contributed by atoms with Crippen LogP contribution in [-0.2, 0) is 13.6 Å². The van der Waals surface area contributed by atoms with Gasteiger partial charge in [-0.1, -0.05) is 6.07 Å². The zero-order chi connectivity index (χ0) is 13.8. The van der Waals surface area contributed by atoms with Gasteiger partial charge >= 0.3 is 0 Å². The Labute approximate surface area is 112 Å². The number of phenolic OH excluding ortho intramolecular Hbond substituents is 1. The predicted molar refractivity (Wildman–Crippen MR) is 73.1 cm³/mol. The van der Waals surface area contributed by atoms with E-state index in [9.17, 15) is 5.11 Å². The van der Waals surface area contributed by atoms with E-state index < -0.39 is 0 Å². The van der Waals surface area contributed by atoms with E-state index in [4.69, 9.17) is 4.74 Å². The Morgan fingerprint density at radius 2 is 2.26 bits per heavy atom. The molecule has 1 heterocycles. The number of nitrogens with one attached hydrogen (secondary N) is 1. The average molecular weight is 261 g/mol. The molecule has 2 N–H and O–H groups in total. The molecule has 2 aromatic rings. The van der Waals surface area contributed by atoms with Crippen molar-refractivity contribution in [3.05, 3.63) is 41.7 Å². The van der Waals surface area contributed by atoms with E-state index in [2.05, 4.69) is 10.4 Å². The van der Waals surface area contributed by atoms with Gasteiger partial charge in [-0.15, -0.1) is 0 Å². The first-order valence-corrected chi connectivity index (χ1v) is 6.18. The van der Waals surface area contributed by atoms with E-state index in [1.54, 1.807) is 17.9 Å². The highest BCUT2D eigenvalue weighted by atomic mass is 16.5. The molecule has 0 spiro atoms. The van der Waals surface area contributed by atoms with Crippen molar-refractivity contribution in [3.8, 4) is 11.5 Å². The molecule has 19 heavy (non-hydrogen) atoms. The number of nitrogens with zero attached hydrogens (tertiary/aromatic N) is 2. The summed E-state index contributed by atoms with van der Waals surface area (Å²) in [4.78, 5) is 0. The van der Waals surface area contributed by atoms with Crippen LogP contribution < -0.4 is 10.1 Å². The molecule has 5 nitrogen and oxygen atoms in total. The van der Waals surface area contributed by atoms with Gasteiger partial charge in [0.1, 0.15) is 11.5 Å². The number of aromatic nitrogens is 2. The summed E-state index contributed by atoms with van der Waals surface area (Å²) < 4.78 is 6.84. The Morgan fingerprint density at radius 3 is 2.84 bits per heavy atom. The van der Waals surface area contributed by atoms with Crippen LogP contribution in [0.3, 0.4) is 0 Å². The van der Waals surface area contributed by atoms with Gasteiger partial charge < -0.3 is 15.2 Å². The van der Waals surface area contributed by atoms with Crippen molar-refractivity contribution in [3.63, 3.8) is 0 Å². The molecule has 0 aliphatic heterocycles. The summed E-state index contributed by atoms with van der Waals surface area (Å²) in [6.07, 6.45) is 3.79. The number of rotatable bonds is 5. The summed E-state index contributed by atoms with van der Waals surface area (Å²) in [5.74, 6) is 0.895. The number of methoxy groups -OCH3 is 1. The maximum atomic E-state index is 9.96. The van der Waals surface area contributed by atoms with Crippen LogP contribution in [0.4, 0.5) is 0 Å². The zero-order valence-electron chi connectivity index (χ0n) is 11.4. The Hall–Kier alpha value is -2.01. The van der Waals surface area contributed by atoms with E-state index in [1.165, 1.54) is 0 Å². The lowest BCUT2D eigenvalue weighted by Crippen LogP contribution is -2.17. The minimum atomic E-state index is 0.0473. The maximum absolute atomic E-state index is 9.96. The van der Waals surface area contributed by atoms with Crippen LogP contribution in [0.15, 0.2) is 30.6 Å². The second-order valence-corrected chi connectivity index (χ2v) is 4.55. The van der Waals surface area contributed by atoms with Crippen LogP contribution in [0, 0.1) is 0 Å². The standard InChI is InChI=1S/C14H19N3O2/c1-10(15-7-11-8-16-17(2)9-11)13-5-4-12(19-3)6-14(13)18/h4-6,8-10,15,18H,7H2,1-3H3. The number of phenols is 1. The van der Waals surface area contributed by atoms with Crippen LogP contribution in [0.2, 0.25) is 0 Å². The van der Waals surface area contributed by atoms with Crippen molar-refractivity contribution in [1.82, 2.24) is 15.1 Å². The lowest BCUT2D eigenvalue weighted by molar-refractivity contribution is 0.404. The second kappa shape index (κ2) is 5.75. The fourth-order valence-corrected chi connectivity index (χ4v) is 1.96. The average Bonchev–Trinajstić information content (AvgIpc) is 2.81. The second-order valence-electron chi connectivity index (χ2n) is 4.55. The largest absolute Gasteiger partial charge is 0.507 e. The minimum Gasteiger partial charge on any atom is -0.507 e. The molecule has 1 unspecified atom stereocenters. The molecule has 0 radical (unpaired) electrons. The molecule has 0 aliphatic rings. The fourth-order valence-electron chi connectivity index (χ4n) is 1.96. The normalized spacial score (nSPS) is 12.4. The molecular weight excluding hydrogens is 242 g/mol. The highest BCUT2D eigenvalue weighted by Crippen LogP contribution is 2.28. The summed E-state index contributed by atoms with van der Waals surface area (Å²) in [7, 11) is 3.47. The predicted octanol–water partition coefficient (Wildman–Crippen LogP) is 1.99. The quantitative estimate of drug-likeness (QED) is 0.864. The molecule has 0 fully saturated rings. The lowest BCUT2D eigenvalue weighted by atomic mass is 10.1. The van der Waals surface area contributed by atoms with Gasteiger partial charge in [0.05, 0.1) is 13.3 Å². The van der Waals surface area contributed by atoms with Crippen LogP contribution in [0.1, 0.15) is 24.1 Å². The minimum absolute atomic E-state index is 0.0473. The molecule has 2 rings (SSSR count). The monoisotopic (exact) mass is 261 g/mol.